The molecular weight excluding hydrogens is 378 g/mol. The zero-order chi connectivity index (χ0) is 21.2. The molecule has 30 heavy (non-hydrogen) atoms. The first-order valence-corrected chi connectivity index (χ1v) is 11.3. The van der Waals surface area contributed by atoms with Crippen molar-refractivity contribution < 1.29 is 9.47 Å². The predicted molar refractivity (Wildman–Crippen MR) is 124 cm³/mol. The molecule has 1 aromatic rings. The largest absolute Gasteiger partial charge is 0.379 e. The lowest BCUT2D eigenvalue weighted by atomic mass is 10.1. The summed E-state index contributed by atoms with van der Waals surface area (Å²) >= 11 is 0. The number of piperazine rings is 1. The van der Waals surface area contributed by atoms with Gasteiger partial charge in [0, 0.05) is 71.8 Å². The molecule has 0 radical (unpaired) electrons. The first kappa shape index (κ1) is 22.8. The summed E-state index contributed by atoms with van der Waals surface area (Å²) in [4.78, 5) is 9.37. The van der Waals surface area contributed by atoms with E-state index in [1.165, 1.54) is 16.8 Å². The van der Waals surface area contributed by atoms with Gasteiger partial charge in [-0.05, 0) is 43.9 Å². The number of ether oxygens (including phenoxy) is 2. The van der Waals surface area contributed by atoms with E-state index in [4.69, 9.17) is 9.47 Å². The molecule has 2 aliphatic rings. The van der Waals surface area contributed by atoms with Crippen LogP contribution >= 0.6 is 0 Å². The molecule has 7 nitrogen and oxygen atoms in total. The van der Waals surface area contributed by atoms with E-state index in [0.29, 0.717) is 0 Å². The summed E-state index contributed by atoms with van der Waals surface area (Å²) in [6.45, 7) is 13.9. The smallest absolute Gasteiger partial charge is 0.191 e. The van der Waals surface area contributed by atoms with Crippen LogP contribution in [0.3, 0.4) is 0 Å². The minimum absolute atomic E-state index is 0.290. The van der Waals surface area contributed by atoms with Crippen molar-refractivity contribution in [3.8, 4) is 0 Å². The topological polar surface area (TPSA) is 61.4 Å². The molecule has 2 saturated heterocycles. The number of rotatable bonds is 9. The Morgan fingerprint density at radius 3 is 2.70 bits per heavy atom. The Bertz CT molecular complexity index is 668. The maximum Gasteiger partial charge on any atom is 0.191 e. The van der Waals surface area contributed by atoms with Crippen LogP contribution < -0.4 is 15.5 Å². The number of benzene rings is 1. The highest BCUT2D eigenvalue weighted by molar-refractivity contribution is 5.79. The highest BCUT2D eigenvalue weighted by atomic mass is 16.5. The van der Waals surface area contributed by atoms with E-state index < -0.39 is 0 Å². The highest BCUT2D eigenvalue weighted by Gasteiger charge is 2.18. The summed E-state index contributed by atoms with van der Waals surface area (Å²) in [5.41, 5.74) is 4.17. The van der Waals surface area contributed by atoms with Crippen LogP contribution in [0.2, 0.25) is 0 Å². The maximum absolute atomic E-state index is 5.80. The van der Waals surface area contributed by atoms with Crippen molar-refractivity contribution in [2.24, 2.45) is 4.99 Å². The van der Waals surface area contributed by atoms with Crippen molar-refractivity contribution in [2.45, 2.75) is 32.8 Å². The third-order valence-corrected chi connectivity index (χ3v) is 6.09. The minimum atomic E-state index is 0.290. The summed E-state index contributed by atoms with van der Waals surface area (Å²) < 4.78 is 11.1. The van der Waals surface area contributed by atoms with Gasteiger partial charge in [-0.1, -0.05) is 12.1 Å². The van der Waals surface area contributed by atoms with Crippen LogP contribution in [-0.4, -0.2) is 89.6 Å². The fourth-order valence-electron chi connectivity index (χ4n) is 4.02. The normalized spacial score (nSPS) is 20.6. The number of anilines is 1. The van der Waals surface area contributed by atoms with Gasteiger partial charge < -0.3 is 25.0 Å². The van der Waals surface area contributed by atoms with Crippen molar-refractivity contribution >= 4 is 11.6 Å². The Kier molecular flexibility index (Phi) is 9.24. The molecular formula is C23H39N5O2. The number of guanidine groups is 1. The second kappa shape index (κ2) is 12.1. The number of aliphatic imine (C=N–C) groups is 1. The molecule has 0 saturated carbocycles. The number of nitrogens with one attached hydrogen (secondary N) is 2. The van der Waals surface area contributed by atoms with Crippen molar-refractivity contribution in [3.05, 3.63) is 29.3 Å². The Labute approximate surface area is 181 Å². The lowest BCUT2D eigenvalue weighted by Crippen LogP contribution is -2.49. The molecule has 0 spiro atoms. The Balaban J connectivity index is 1.27. The summed E-state index contributed by atoms with van der Waals surface area (Å²) in [5.74, 6) is 0.869. The molecule has 0 aliphatic carbocycles. The van der Waals surface area contributed by atoms with E-state index in [2.05, 4.69) is 57.5 Å². The zero-order valence-electron chi connectivity index (χ0n) is 19.0. The van der Waals surface area contributed by atoms with Gasteiger partial charge >= 0.3 is 0 Å². The second-order valence-electron chi connectivity index (χ2n) is 8.18. The first-order valence-electron chi connectivity index (χ1n) is 11.3. The van der Waals surface area contributed by atoms with Crippen LogP contribution in [0.1, 0.15) is 24.0 Å². The Hall–Kier alpha value is -1.83. The fourth-order valence-corrected chi connectivity index (χ4v) is 4.02. The summed E-state index contributed by atoms with van der Waals surface area (Å²) in [6.07, 6.45) is 2.28. The van der Waals surface area contributed by atoms with E-state index >= 15 is 0 Å². The lowest BCUT2D eigenvalue weighted by Gasteiger charge is -2.37. The van der Waals surface area contributed by atoms with Gasteiger partial charge in [-0.2, -0.15) is 0 Å². The number of nitrogens with zero attached hydrogens (tertiary/aromatic N) is 3. The molecule has 2 heterocycles. The van der Waals surface area contributed by atoms with Gasteiger partial charge in [-0.3, -0.25) is 9.89 Å². The Morgan fingerprint density at radius 1 is 1.17 bits per heavy atom. The number of aryl methyl sites for hydroxylation is 1. The van der Waals surface area contributed by atoms with E-state index in [0.717, 1.165) is 84.4 Å². The molecule has 2 aliphatic heterocycles. The van der Waals surface area contributed by atoms with Crippen LogP contribution in [0.15, 0.2) is 23.2 Å². The SMILES string of the molecule is CN=C(NCCCOC1CCOC1)NCCN1CCN(c2cccc(C)c2C)CC1. The van der Waals surface area contributed by atoms with Gasteiger partial charge in [0.15, 0.2) is 5.96 Å². The van der Waals surface area contributed by atoms with Gasteiger partial charge in [-0.15, -0.1) is 0 Å². The fraction of sp³-hybridized carbons (Fsp3) is 0.696. The van der Waals surface area contributed by atoms with E-state index in [1.807, 2.05) is 7.05 Å². The highest BCUT2D eigenvalue weighted by Crippen LogP contribution is 2.23. The molecule has 7 heteroatoms. The van der Waals surface area contributed by atoms with Gasteiger partial charge in [0.2, 0.25) is 0 Å². The summed E-state index contributed by atoms with van der Waals surface area (Å²) in [5, 5.41) is 6.80. The van der Waals surface area contributed by atoms with Gasteiger partial charge in [0.1, 0.15) is 0 Å². The van der Waals surface area contributed by atoms with Gasteiger partial charge in [0.05, 0.1) is 12.7 Å². The van der Waals surface area contributed by atoms with Crippen LogP contribution in [0, 0.1) is 13.8 Å². The lowest BCUT2D eigenvalue weighted by molar-refractivity contribution is 0.0420. The molecule has 0 amide bonds. The van der Waals surface area contributed by atoms with Gasteiger partial charge in [-0.25, -0.2) is 0 Å². The quantitative estimate of drug-likeness (QED) is 0.363. The second-order valence-corrected chi connectivity index (χ2v) is 8.18. The third-order valence-electron chi connectivity index (χ3n) is 6.09. The molecule has 2 fully saturated rings. The third kappa shape index (κ3) is 6.86. The zero-order valence-corrected chi connectivity index (χ0v) is 19.0. The molecule has 0 aromatic heterocycles. The molecule has 1 atom stereocenters. The van der Waals surface area contributed by atoms with Crippen molar-refractivity contribution in [1.29, 1.82) is 0 Å². The molecule has 1 aromatic carbocycles. The maximum atomic E-state index is 5.80. The molecule has 1 unspecified atom stereocenters. The average Bonchev–Trinajstić information content (AvgIpc) is 3.28. The van der Waals surface area contributed by atoms with Crippen molar-refractivity contribution in [1.82, 2.24) is 15.5 Å². The molecule has 0 bridgehead atoms. The standard InChI is InChI=1S/C23H39N5O2/c1-19-6-4-7-22(20(19)2)28-14-12-27(13-15-28)11-10-26-23(24-3)25-9-5-16-30-21-8-17-29-18-21/h4,6-7,21H,5,8-18H2,1-3H3,(H2,24,25,26). The molecule has 3 rings (SSSR count). The van der Waals surface area contributed by atoms with Crippen molar-refractivity contribution in [2.75, 3.05) is 77.6 Å². The summed E-state index contributed by atoms with van der Waals surface area (Å²) in [6, 6.07) is 6.61. The van der Waals surface area contributed by atoms with E-state index in [-0.39, 0.29) is 6.10 Å². The van der Waals surface area contributed by atoms with E-state index in [9.17, 15) is 0 Å². The van der Waals surface area contributed by atoms with Crippen LogP contribution in [-0.2, 0) is 9.47 Å². The van der Waals surface area contributed by atoms with Crippen LogP contribution in [0.4, 0.5) is 5.69 Å². The Morgan fingerprint density at radius 2 is 1.97 bits per heavy atom. The van der Waals surface area contributed by atoms with E-state index in [1.54, 1.807) is 0 Å². The average molecular weight is 418 g/mol. The van der Waals surface area contributed by atoms with Crippen molar-refractivity contribution in [3.63, 3.8) is 0 Å². The molecule has 2 N–H and O–H groups in total. The molecule has 168 valence electrons. The summed E-state index contributed by atoms with van der Waals surface area (Å²) in [7, 11) is 1.82. The van der Waals surface area contributed by atoms with Crippen LogP contribution in [0.5, 0.6) is 0 Å². The first-order chi connectivity index (χ1) is 14.7. The minimum Gasteiger partial charge on any atom is -0.379 e. The van der Waals surface area contributed by atoms with Gasteiger partial charge in [0.25, 0.3) is 0 Å². The predicted octanol–water partition coefficient (Wildman–Crippen LogP) is 1.79. The number of hydrogen-bond donors (Lipinski definition) is 2. The number of hydrogen-bond acceptors (Lipinski definition) is 5. The monoisotopic (exact) mass is 417 g/mol. The van der Waals surface area contributed by atoms with Crippen LogP contribution in [0.25, 0.3) is 0 Å².